The summed E-state index contributed by atoms with van der Waals surface area (Å²) in [5, 5.41) is 3.04. The van der Waals surface area contributed by atoms with Crippen molar-refractivity contribution in [1.29, 1.82) is 0 Å². The fourth-order valence-corrected chi connectivity index (χ4v) is 2.66. The van der Waals surface area contributed by atoms with Crippen LogP contribution in [0.25, 0.3) is 0 Å². The van der Waals surface area contributed by atoms with Crippen LogP contribution in [0, 0.1) is 0 Å². The molecule has 0 aromatic rings. The Morgan fingerprint density at radius 2 is 2.13 bits per heavy atom. The van der Waals surface area contributed by atoms with Gasteiger partial charge in [0.05, 0.1) is 11.0 Å². The Morgan fingerprint density at radius 1 is 1.47 bits per heavy atom. The van der Waals surface area contributed by atoms with Crippen LogP contribution >= 0.6 is 0 Å². The summed E-state index contributed by atoms with van der Waals surface area (Å²) in [5.41, 5.74) is 0. The van der Waals surface area contributed by atoms with Gasteiger partial charge in [-0.25, -0.2) is 8.42 Å². The van der Waals surface area contributed by atoms with E-state index in [0.717, 1.165) is 19.6 Å². The van der Waals surface area contributed by atoms with Crippen molar-refractivity contribution in [1.82, 2.24) is 10.2 Å². The molecule has 0 saturated carbocycles. The Bertz CT molecular complexity index is 288. The number of hydrogen-bond acceptors (Lipinski definition) is 4. The summed E-state index contributed by atoms with van der Waals surface area (Å²) >= 11 is 0. The van der Waals surface area contributed by atoms with Crippen LogP contribution in [-0.4, -0.2) is 56.5 Å². The molecular formula is C10H22N2O2S. The van der Waals surface area contributed by atoms with Crippen LogP contribution in [0.1, 0.15) is 20.8 Å². The lowest BCUT2D eigenvalue weighted by Crippen LogP contribution is -2.51. The maximum absolute atomic E-state index is 11.6. The quantitative estimate of drug-likeness (QED) is 0.750. The molecule has 1 aliphatic rings. The topological polar surface area (TPSA) is 49.4 Å². The van der Waals surface area contributed by atoms with Gasteiger partial charge in [-0.2, -0.15) is 0 Å². The lowest BCUT2D eigenvalue weighted by atomic mass is 10.2. The van der Waals surface area contributed by atoms with Crippen LogP contribution in [-0.2, 0) is 9.84 Å². The number of nitrogens with one attached hydrogen (secondary N) is 1. The smallest absolute Gasteiger partial charge is 0.153 e. The van der Waals surface area contributed by atoms with Gasteiger partial charge in [0.2, 0.25) is 0 Å². The van der Waals surface area contributed by atoms with Crippen molar-refractivity contribution in [2.45, 2.75) is 32.1 Å². The Kier molecular flexibility index (Phi) is 4.55. The van der Waals surface area contributed by atoms with E-state index in [4.69, 9.17) is 0 Å². The Hall–Kier alpha value is -0.130. The van der Waals surface area contributed by atoms with Crippen molar-refractivity contribution in [3.8, 4) is 0 Å². The van der Waals surface area contributed by atoms with Gasteiger partial charge in [0.1, 0.15) is 0 Å². The van der Waals surface area contributed by atoms with Crippen molar-refractivity contribution >= 4 is 9.84 Å². The monoisotopic (exact) mass is 234 g/mol. The molecule has 0 unspecified atom stereocenters. The second-order valence-corrected chi connectivity index (χ2v) is 7.18. The predicted octanol–water partition coefficient (Wildman–Crippen LogP) is 0.103. The van der Waals surface area contributed by atoms with Crippen LogP contribution in [0.15, 0.2) is 0 Å². The van der Waals surface area contributed by atoms with Crippen LogP contribution < -0.4 is 5.32 Å². The second-order valence-electron chi connectivity index (χ2n) is 4.50. The minimum Gasteiger partial charge on any atom is -0.314 e. The van der Waals surface area contributed by atoms with Crippen molar-refractivity contribution in [2.24, 2.45) is 0 Å². The molecule has 1 aliphatic heterocycles. The lowest BCUT2D eigenvalue weighted by Gasteiger charge is -2.33. The fourth-order valence-electron chi connectivity index (χ4n) is 1.70. The van der Waals surface area contributed by atoms with E-state index >= 15 is 0 Å². The summed E-state index contributed by atoms with van der Waals surface area (Å²) in [7, 11) is -2.88. The summed E-state index contributed by atoms with van der Waals surface area (Å²) in [4.78, 5) is 2.25. The second kappa shape index (κ2) is 5.27. The van der Waals surface area contributed by atoms with E-state index in [-0.39, 0.29) is 11.0 Å². The summed E-state index contributed by atoms with van der Waals surface area (Å²) in [5.74, 6) is 0.287. The highest BCUT2D eigenvalue weighted by atomic mass is 32.2. The average molecular weight is 234 g/mol. The van der Waals surface area contributed by atoms with Crippen LogP contribution in [0.4, 0.5) is 0 Å². The van der Waals surface area contributed by atoms with Crippen LogP contribution in [0.2, 0.25) is 0 Å². The normalized spacial score (nSPS) is 24.7. The van der Waals surface area contributed by atoms with Gasteiger partial charge in [0.25, 0.3) is 0 Å². The molecule has 0 bridgehead atoms. The SMILES string of the molecule is CC(C)S(=O)(=O)CCN1CCNC[C@@H]1C. The lowest BCUT2D eigenvalue weighted by molar-refractivity contribution is 0.184. The highest BCUT2D eigenvalue weighted by Crippen LogP contribution is 2.06. The first-order chi connectivity index (χ1) is 6.93. The van der Waals surface area contributed by atoms with E-state index in [9.17, 15) is 8.42 Å². The highest BCUT2D eigenvalue weighted by Gasteiger charge is 2.22. The molecule has 1 saturated heterocycles. The highest BCUT2D eigenvalue weighted by molar-refractivity contribution is 7.92. The molecule has 1 rings (SSSR count). The minimum atomic E-state index is -2.88. The molecule has 5 heteroatoms. The van der Waals surface area contributed by atoms with Gasteiger partial charge >= 0.3 is 0 Å². The number of rotatable bonds is 4. The zero-order chi connectivity index (χ0) is 11.5. The summed E-state index contributed by atoms with van der Waals surface area (Å²) in [6, 6.07) is 0.445. The molecule has 15 heavy (non-hydrogen) atoms. The van der Waals surface area contributed by atoms with Gasteiger partial charge in [-0.05, 0) is 20.8 Å². The number of piperazine rings is 1. The molecule has 0 aliphatic carbocycles. The maximum Gasteiger partial charge on any atom is 0.153 e. The average Bonchev–Trinajstić information content (AvgIpc) is 2.16. The molecule has 1 atom stereocenters. The van der Waals surface area contributed by atoms with Crippen molar-refractivity contribution in [2.75, 3.05) is 31.9 Å². The third kappa shape index (κ3) is 3.74. The minimum absolute atomic E-state index is 0.254. The maximum atomic E-state index is 11.6. The molecule has 0 amide bonds. The molecule has 0 radical (unpaired) electrons. The molecule has 1 fully saturated rings. The number of sulfone groups is 1. The van der Waals surface area contributed by atoms with Crippen LogP contribution in [0.3, 0.4) is 0 Å². The van der Waals surface area contributed by atoms with Gasteiger partial charge in [-0.1, -0.05) is 0 Å². The molecule has 0 aromatic carbocycles. The molecule has 4 nitrogen and oxygen atoms in total. The Balaban J connectivity index is 2.42. The van der Waals surface area contributed by atoms with Crippen molar-refractivity contribution < 1.29 is 8.42 Å². The van der Waals surface area contributed by atoms with E-state index in [1.165, 1.54) is 0 Å². The summed E-state index contributed by atoms with van der Waals surface area (Å²) in [6.45, 7) is 9.17. The number of nitrogens with zero attached hydrogens (tertiary/aromatic N) is 1. The largest absolute Gasteiger partial charge is 0.314 e. The zero-order valence-corrected chi connectivity index (χ0v) is 10.7. The van der Waals surface area contributed by atoms with Gasteiger partial charge < -0.3 is 5.32 Å². The molecule has 0 aromatic heterocycles. The predicted molar refractivity (Wildman–Crippen MR) is 62.8 cm³/mol. The molecule has 0 spiro atoms. The summed E-state index contributed by atoms with van der Waals surface area (Å²) in [6.07, 6.45) is 0. The Labute approximate surface area is 93.0 Å². The van der Waals surface area contributed by atoms with Crippen LogP contribution in [0.5, 0.6) is 0 Å². The zero-order valence-electron chi connectivity index (χ0n) is 9.86. The molecular weight excluding hydrogens is 212 g/mol. The standard InChI is InChI=1S/C10H22N2O2S/c1-9(2)15(13,14)7-6-12-5-4-11-8-10(12)3/h9-11H,4-8H2,1-3H3/t10-/m0/s1. The fraction of sp³-hybridized carbons (Fsp3) is 1.00. The molecule has 90 valence electrons. The van der Waals surface area contributed by atoms with E-state index in [1.54, 1.807) is 13.8 Å². The first kappa shape index (κ1) is 12.9. The van der Waals surface area contributed by atoms with Crippen molar-refractivity contribution in [3.63, 3.8) is 0 Å². The van der Waals surface area contributed by atoms with Gasteiger partial charge in [-0.3, -0.25) is 4.90 Å². The molecule has 1 heterocycles. The van der Waals surface area contributed by atoms with Gasteiger partial charge in [0, 0.05) is 32.2 Å². The van der Waals surface area contributed by atoms with E-state index in [0.29, 0.717) is 12.6 Å². The first-order valence-electron chi connectivity index (χ1n) is 5.60. The third-order valence-electron chi connectivity index (χ3n) is 3.02. The third-order valence-corrected chi connectivity index (χ3v) is 5.21. The van der Waals surface area contributed by atoms with E-state index in [2.05, 4.69) is 17.1 Å². The van der Waals surface area contributed by atoms with E-state index < -0.39 is 9.84 Å². The van der Waals surface area contributed by atoms with Gasteiger partial charge in [-0.15, -0.1) is 0 Å². The molecule has 1 N–H and O–H groups in total. The van der Waals surface area contributed by atoms with Gasteiger partial charge in [0.15, 0.2) is 9.84 Å². The Morgan fingerprint density at radius 3 is 2.67 bits per heavy atom. The first-order valence-corrected chi connectivity index (χ1v) is 7.31. The number of hydrogen-bond donors (Lipinski definition) is 1. The van der Waals surface area contributed by atoms with E-state index in [1.807, 2.05) is 0 Å². The van der Waals surface area contributed by atoms with Crippen molar-refractivity contribution in [3.05, 3.63) is 0 Å². The summed E-state index contributed by atoms with van der Waals surface area (Å²) < 4.78 is 23.3.